The van der Waals surface area contributed by atoms with Crippen molar-refractivity contribution in [3.05, 3.63) is 47.4 Å². The summed E-state index contributed by atoms with van der Waals surface area (Å²) < 4.78 is 6.52. The molecular formula is C16H16N2O2S. The van der Waals surface area contributed by atoms with Crippen LogP contribution in [-0.2, 0) is 12.8 Å². The van der Waals surface area contributed by atoms with Gasteiger partial charge < -0.3 is 4.42 Å². The number of thiazole rings is 1. The molecule has 0 aliphatic carbocycles. The Balaban J connectivity index is 1.82. The van der Waals surface area contributed by atoms with E-state index in [1.165, 1.54) is 16.9 Å². The molecule has 0 spiro atoms. The molecule has 2 heterocycles. The third-order valence-corrected chi connectivity index (χ3v) is 4.25. The topological polar surface area (TPSA) is 55.1 Å². The van der Waals surface area contributed by atoms with Gasteiger partial charge in [0.25, 0.3) is 5.91 Å². The lowest BCUT2D eigenvalue weighted by Crippen LogP contribution is -2.10. The van der Waals surface area contributed by atoms with Crippen LogP contribution in [0.1, 0.15) is 35.7 Å². The van der Waals surface area contributed by atoms with Crippen molar-refractivity contribution in [3.8, 4) is 0 Å². The molecule has 0 aliphatic heterocycles. The number of amides is 1. The predicted octanol–water partition coefficient (Wildman–Crippen LogP) is 4.27. The fraction of sp³-hybridized carbons (Fsp3) is 0.250. The van der Waals surface area contributed by atoms with Crippen molar-refractivity contribution in [1.82, 2.24) is 4.98 Å². The van der Waals surface area contributed by atoms with E-state index in [1.807, 2.05) is 19.1 Å². The highest BCUT2D eigenvalue weighted by molar-refractivity contribution is 7.22. The van der Waals surface area contributed by atoms with Crippen molar-refractivity contribution in [2.45, 2.75) is 26.7 Å². The number of carbonyl (C=O) groups is 1. The number of benzene rings is 1. The van der Waals surface area contributed by atoms with Crippen LogP contribution in [0.25, 0.3) is 10.2 Å². The van der Waals surface area contributed by atoms with Crippen LogP contribution in [0.5, 0.6) is 0 Å². The zero-order chi connectivity index (χ0) is 14.8. The van der Waals surface area contributed by atoms with E-state index < -0.39 is 0 Å². The first-order chi connectivity index (χ1) is 10.2. The Bertz CT molecular complexity index is 789. The van der Waals surface area contributed by atoms with E-state index in [2.05, 4.69) is 29.4 Å². The number of aromatic nitrogens is 1. The molecule has 4 nitrogen and oxygen atoms in total. The van der Waals surface area contributed by atoms with Crippen LogP contribution in [0, 0.1) is 0 Å². The van der Waals surface area contributed by atoms with Gasteiger partial charge in [0, 0.05) is 6.42 Å². The Morgan fingerprint density at radius 1 is 1.24 bits per heavy atom. The molecule has 0 saturated carbocycles. The Hall–Kier alpha value is -2.14. The summed E-state index contributed by atoms with van der Waals surface area (Å²) in [5.74, 6) is 0.863. The molecule has 0 aliphatic rings. The number of furan rings is 1. The second kappa shape index (κ2) is 5.69. The molecule has 0 fully saturated rings. The standard InChI is InChI=1S/C16H16N2O2S/c1-3-10-5-7-12-14(9-10)21-16(17-12)18-15(19)13-8-6-11(4-2)20-13/h5-9H,3-4H2,1-2H3,(H,17,18,19). The molecule has 0 unspecified atom stereocenters. The lowest BCUT2D eigenvalue weighted by molar-refractivity contribution is 0.0995. The van der Waals surface area contributed by atoms with Gasteiger partial charge in [0.1, 0.15) is 5.76 Å². The van der Waals surface area contributed by atoms with E-state index in [0.29, 0.717) is 10.9 Å². The van der Waals surface area contributed by atoms with Crippen LogP contribution in [0.4, 0.5) is 5.13 Å². The molecule has 0 atom stereocenters. The third-order valence-electron chi connectivity index (χ3n) is 3.32. The van der Waals surface area contributed by atoms with E-state index >= 15 is 0 Å². The summed E-state index contributed by atoms with van der Waals surface area (Å²) in [6.45, 7) is 4.10. The summed E-state index contributed by atoms with van der Waals surface area (Å²) in [6, 6.07) is 9.68. The number of hydrogen-bond donors (Lipinski definition) is 1. The van der Waals surface area contributed by atoms with Gasteiger partial charge in [-0.1, -0.05) is 31.3 Å². The van der Waals surface area contributed by atoms with Gasteiger partial charge in [0.15, 0.2) is 10.9 Å². The average Bonchev–Trinajstić information content (AvgIpc) is 3.12. The fourth-order valence-corrected chi connectivity index (χ4v) is 3.02. The second-order valence-corrected chi connectivity index (χ2v) is 5.78. The van der Waals surface area contributed by atoms with Crippen molar-refractivity contribution < 1.29 is 9.21 Å². The highest BCUT2D eigenvalue weighted by Crippen LogP contribution is 2.27. The maximum Gasteiger partial charge on any atom is 0.293 e. The van der Waals surface area contributed by atoms with Gasteiger partial charge in [-0.3, -0.25) is 10.1 Å². The maximum absolute atomic E-state index is 12.1. The number of rotatable bonds is 4. The van der Waals surface area contributed by atoms with Crippen molar-refractivity contribution in [3.63, 3.8) is 0 Å². The zero-order valence-corrected chi connectivity index (χ0v) is 12.8. The first kappa shape index (κ1) is 13.8. The lowest BCUT2D eigenvalue weighted by atomic mass is 10.2. The van der Waals surface area contributed by atoms with Crippen LogP contribution in [-0.4, -0.2) is 10.9 Å². The zero-order valence-electron chi connectivity index (χ0n) is 12.0. The van der Waals surface area contributed by atoms with E-state index in [-0.39, 0.29) is 5.91 Å². The van der Waals surface area contributed by atoms with Crippen LogP contribution >= 0.6 is 11.3 Å². The summed E-state index contributed by atoms with van der Waals surface area (Å²) in [5.41, 5.74) is 2.17. The second-order valence-electron chi connectivity index (χ2n) is 4.75. The molecule has 108 valence electrons. The van der Waals surface area contributed by atoms with Crippen LogP contribution in [0.3, 0.4) is 0 Å². The van der Waals surface area contributed by atoms with Gasteiger partial charge >= 0.3 is 0 Å². The van der Waals surface area contributed by atoms with Gasteiger partial charge in [-0.15, -0.1) is 0 Å². The van der Waals surface area contributed by atoms with Crippen LogP contribution in [0.15, 0.2) is 34.7 Å². The minimum absolute atomic E-state index is 0.260. The number of nitrogens with one attached hydrogen (secondary N) is 1. The van der Waals surface area contributed by atoms with Gasteiger partial charge in [0.2, 0.25) is 0 Å². The van der Waals surface area contributed by atoms with Gasteiger partial charge in [-0.2, -0.15) is 0 Å². The number of fused-ring (bicyclic) bond motifs is 1. The molecule has 3 aromatic rings. The molecule has 0 bridgehead atoms. The van der Waals surface area contributed by atoms with Crippen molar-refractivity contribution in [1.29, 1.82) is 0 Å². The van der Waals surface area contributed by atoms with E-state index in [1.54, 1.807) is 6.07 Å². The summed E-state index contributed by atoms with van der Waals surface area (Å²) in [4.78, 5) is 16.5. The van der Waals surface area contributed by atoms with Crippen molar-refractivity contribution >= 4 is 32.6 Å². The molecule has 3 rings (SSSR count). The molecule has 21 heavy (non-hydrogen) atoms. The molecular weight excluding hydrogens is 284 g/mol. The van der Waals surface area contributed by atoms with Gasteiger partial charge in [0.05, 0.1) is 10.2 Å². The quantitative estimate of drug-likeness (QED) is 0.783. The van der Waals surface area contributed by atoms with Crippen molar-refractivity contribution in [2.24, 2.45) is 0 Å². The van der Waals surface area contributed by atoms with Gasteiger partial charge in [-0.05, 0) is 36.2 Å². The highest BCUT2D eigenvalue weighted by atomic mass is 32.1. The fourth-order valence-electron chi connectivity index (χ4n) is 2.09. The van der Waals surface area contributed by atoms with Crippen LogP contribution < -0.4 is 5.32 Å². The number of carbonyl (C=O) groups excluding carboxylic acids is 1. The summed E-state index contributed by atoms with van der Waals surface area (Å²) >= 11 is 1.48. The Morgan fingerprint density at radius 2 is 2.10 bits per heavy atom. The number of nitrogens with zero attached hydrogens (tertiary/aromatic N) is 1. The Kier molecular flexibility index (Phi) is 3.75. The smallest absolute Gasteiger partial charge is 0.293 e. The highest BCUT2D eigenvalue weighted by Gasteiger charge is 2.13. The molecule has 5 heteroatoms. The minimum Gasteiger partial charge on any atom is -0.456 e. The lowest BCUT2D eigenvalue weighted by Gasteiger charge is -1.97. The molecule has 2 aromatic heterocycles. The summed E-state index contributed by atoms with van der Waals surface area (Å²) in [5, 5.41) is 3.39. The summed E-state index contributed by atoms with van der Waals surface area (Å²) in [6.07, 6.45) is 1.76. The van der Waals surface area contributed by atoms with Crippen LogP contribution in [0.2, 0.25) is 0 Å². The third kappa shape index (κ3) is 2.83. The van der Waals surface area contributed by atoms with Gasteiger partial charge in [-0.25, -0.2) is 4.98 Å². The number of aryl methyl sites for hydroxylation is 2. The average molecular weight is 300 g/mol. The molecule has 1 aromatic carbocycles. The normalized spacial score (nSPS) is 11.0. The molecule has 0 saturated heterocycles. The number of anilines is 1. The largest absolute Gasteiger partial charge is 0.456 e. The maximum atomic E-state index is 12.1. The molecule has 1 N–H and O–H groups in total. The molecule has 1 amide bonds. The monoisotopic (exact) mass is 300 g/mol. The summed E-state index contributed by atoms with van der Waals surface area (Å²) in [7, 11) is 0. The van der Waals surface area contributed by atoms with E-state index in [9.17, 15) is 4.79 Å². The number of hydrogen-bond acceptors (Lipinski definition) is 4. The van der Waals surface area contributed by atoms with Crippen molar-refractivity contribution in [2.75, 3.05) is 5.32 Å². The Morgan fingerprint density at radius 3 is 2.81 bits per heavy atom. The first-order valence-corrected chi connectivity index (χ1v) is 7.80. The molecule has 0 radical (unpaired) electrons. The van der Waals surface area contributed by atoms with E-state index in [4.69, 9.17) is 4.42 Å². The first-order valence-electron chi connectivity index (χ1n) is 6.99. The predicted molar refractivity (Wildman–Crippen MR) is 85.0 cm³/mol. The minimum atomic E-state index is -0.260. The SMILES string of the molecule is CCc1ccc2nc(NC(=O)c3ccc(CC)o3)sc2c1. The van der Waals surface area contributed by atoms with E-state index in [0.717, 1.165) is 28.8 Å². The Labute approximate surface area is 126 Å².